The first-order valence-electron chi connectivity index (χ1n) is 11.0. The molecule has 0 radical (unpaired) electrons. The van der Waals surface area contributed by atoms with Crippen molar-refractivity contribution in [3.8, 4) is 5.75 Å². The Hall–Kier alpha value is -3.82. The van der Waals surface area contributed by atoms with Gasteiger partial charge >= 0.3 is 0 Å². The predicted octanol–water partition coefficient (Wildman–Crippen LogP) is 2.81. The van der Waals surface area contributed by atoms with Crippen LogP contribution in [-0.4, -0.2) is 37.6 Å². The number of nitrogens with zero attached hydrogens (tertiary/aromatic N) is 4. The smallest absolute Gasteiger partial charge is 0.240 e. The quantitative estimate of drug-likeness (QED) is 0.374. The maximum Gasteiger partial charge on any atom is 0.240 e. The molecule has 0 unspecified atom stereocenters. The van der Waals surface area contributed by atoms with E-state index in [-0.39, 0.29) is 12.5 Å². The minimum Gasteiger partial charge on any atom is -0.485 e. The fraction of sp³-hybridized carbons (Fsp3) is 0.280. The lowest BCUT2D eigenvalue weighted by atomic mass is 10.1. The highest BCUT2D eigenvalue weighted by Crippen LogP contribution is 2.23. The molecule has 34 heavy (non-hydrogen) atoms. The Bertz CT molecular complexity index is 1220. The summed E-state index contributed by atoms with van der Waals surface area (Å²) in [4.78, 5) is 16.8. The Morgan fingerprint density at radius 1 is 1.06 bits per heavy atom. The van der Waals surface area contributed by atoms with Gasteiger partial charge in [-0.1, -0.05) is 36.4 Å². The van der Waals surface area contributed by atoms with Gasteiger partial charge in [0.25, 0.3) is 0 Å². The second-order valence-electron chi connectivity index (χ2n) is 8.52. The van der Waals surface area contributed by atoms with Crippen LogP contribution in [0.4, 0.5) is 0 Å². The molecule has 3 N–H and O–H groups in total. The number of carbonyl (C=O) groups excluding carboxylic acids is 1. The van der Waals surface area contributed by atoms with Crippen LogP contribution in [0.5, 0.6) is 5.75 Å². The number of fused-ring (bicyclic) bond motifs is 1. The van der Waals surface area contributed by atoms with Gasteiger partial charge in [0.05, 0.1) is 18.8 Å². The molecule has 9 heteroatoms. The third-order valence-corrected chi connectivity index (χ3v) is 5.14. The summed E-state index contributed by atoms with van der Waals surface area (Å²) >= 11 is 0. The van der Waals surface area contributed by atoms with Crippen LogP contribution in [-0.2, 0) is 22.7 Å². The number of aromatic nitrogens is 4. The van der Waals surface area contributed by atoms with Gasteiger partial charge in [-0.3, -0.25) is 14.2 Å². The number of pyridine rings is 2. The van der Waals surface area contributed by atoms with Gasteiger partial charge in [-0.05, 0) is 37.6 Å². The van der Waals surface area contributed by atoms with Crippen molar-refractivity contribution in [2.45, 2.75) is 38.6 Å². The molecule has 9 nitrogen and oxygen atoms in total. The summed E-state index contributed by atoms with van der Waals surface area (Å²) in [6.07, 6.45) is 5.29. The average molecular weight is 461 g/mol. The molecule has 0 saturated carbocycles. The molecule has 1 amide bonds. The molecule has 0 fully saturated rings. The van der Waals surface area contributed by atoms with E-state index in [0.717, 1.165) is 11.1 Å². The van der Waals surface area contributed by atoms with E-state index in [1.54, 1.807) is 30.6 Å². The molecule has 1 atom stereocenters. The molecule has 0 aliphatic carbocycles. The van der Waals surface area contributed by atoms with Gasteiger partial charge < -0.3 is 20.5 Å². The standard InChI is InChI=1S/C25H28N6O3/c1-25(2,26)24(32)28-20(17-33-15-18-8-4-3-5-9-18)22-29-30-23-21(11-7-13-31(22)23)34-16-19-10-6-12-27-14-19/h3-14,20H,15-17,26H2,1-2H3,(H,28,32)/t20-/m1/s1. The van der Waals surface area contributed by atoms with Crippen molar-refractivity contribution in [1.82, 2.24) is 24.9 Å². The number of rotatable bonds is 10. The summed E-state index contributed by atoms with van der Waals surface area (Å²) in [6.45, 7) is 4.23. The highest BCUT2D eigenvalue weighted by Gasteiger charge is 2.28. The largest absolute Gasteiger partial charge is 0.485 e. The minimum absolute atomic E-state index is 0.193. The maximum atomic E-state index is 12.7. The molecular weight excluding hydrogens is 432 g/mol. The number of hydrogen-bond acceptors (Lipinski definition) is 7. The zero-order chi connectivity index (χ0) is 24.0. The molecule has 4 rings (SSSR count). The fourth-order valence-corrected chi connectivity index (χ4v) is 3.30. The van der Waals surface area contributed by atoms with Crippen LogP contribution in [0.2, 0.25) is 0 Å². The number of nitrogens with one attached hydrogen (secondary N) is 1. The van der Waals surface area contributed by atoms with Gasteiger partial charge in [0, 0.05) is 24.2 Å². The van der Waals surface area contributed by atoms with E-state index in [0.29, 0.717) is 30.4 Å². The average Bonchev–Trinajstić information content (AvgIpc) is 3.27. The zero-order valence-electron chi connectivity index (χ0n) is 19.2. The monoisotopic (exact) mass is 460 g/mol. The summed E-state index contributed by atoms with van der Waals surface area (Å²) < 4.78 is 13.7. The number of benzene rings is 1. The van der Waals surface area contributed by atoms with E-state index >= 15 is 0 Å². The Labute approximate surface area is 197 Å². The second-order valence-corrected chi connectivity index (χ2v) is 8.52. The molecule has 4 aromatic rings. The third-order valence-electron chi connectivity index (χ3n) is 5.14. The van der Waals surface area contributed by atoms with Crippen molar-refractivity contribution in [3.05, 3.63) is 90.1 Å². The third kappa shape index (κ3) is 5.75. The normalized spacial score (nSPS) is 12.4. The van der Waals surface area contributed by atoms with Crippen molar-refractivity contribution < 1.29 is 14.3 Å². The molecule has 0 spiro atoms. The number of carbonyl (C=O) groups is 1. The zero-order valence-corrected chi connectivity index (χ0v) is 19.2. The fourth-order valence-electron chi connectivity index (χ4n) is 3.30. The molecule has 176 valence electrons. The Kier molecular flexibility index (Phi) is 7.15. The number of ether oxygens (including phenoxy) is 2. The van der Waals surface area contributed by atoms with Gasteiger partial charge in [-0.25, -0.2) is 0 Å². The first-order chi connectivity index (χ1) is 16.4. The van der Waals surface area contributed by atoms with E-state index in [4.69, 9.17) is 15.2 Å². The van der Waals surface area contributed by atoms with E-state index in [1.165, 1.54) is 0 Å². The van der Waals surface area contributed by atoms with Crippen molar-refractivity contribution in [1.29, 1.82) is 0 Å². The van der Waals surface area contributed by atoms with Crippen LogP contribution in [0, 0.1) is 0 Å². The summed E-state index contributed by atoms with van der Waals surface area (Å²) in [5, 5.41) is 11.6. The minimum atomic E-state index is -1.06. The molecule has 0 aliphatic rings. The van der Waals surface area contributed by atoms with Gasteiger partial charge in [-0.15, -0.1) is 10.2 Å². The maximum absolute atomic E-state index is 12.7. The molecule has 0 saturated heterocycles. The lowest BCUT2D eigenvalue weighted by molar-refractivity contribution is -0.126. The van der Waals surface area contributed by atoms with Gasteiger partial charge in [0.15, 0.2) is 11.6 Å². The molecule has 0 aliphatic heterocycles. The summed E-state index contributed by atoms with van der Waals surface area (Å²) in [5.41, 5.74) is 7.46. The van der Waals surface area contributed by atoms with E-state index in [1.807, 2.05) is 60.8 Å². The van der Waals surface area contributed by atoms with Crippen LogP contribution in [0.25, 0.3) is 5.65 Å². The summed E-state index contributed by atoms with van der Waals surface area (Å²) in [7, 11) is 0. The van der Waals surface area contributed by atoms with Crippen molar-refractivity contribution in [3.63, 3.8) is 0 Å². The molecule has 0 bridgehead atoms. The topological polar surface area (TPSA) is 117 Å². The van der Waals surface area contributed by atoms with Crippen LogP contribution in [0.15, 0.2) is 73.2 Å². The summed E-state index contributed by atoms with van der Waals surface area (Å²) in [5.74, 6) is 0.772. The lowest BCUT2D eigenvalue weighted by Crippen LogP contribution is -2.50. The van der Waals surface area contributed by atoms with Gasteiger partial charge in [0.2, 0.25) is 11.6 Å². The van der Waals surface area contributed by atoms with Crippen LogP contribution < -0.4 is 15.8 Å². The Morgan fingerprint density at radius 3 is 2.59 bits per heavy atom. The van der Waals surface area contributed by atoms with E-state index in [9.17, 15) is 4.79 Å². The first kappa shape index (κ1) is 23.3. The number of hydrogen-bond donors (Lipinski definition) is 2. The van der Waals surface area contributed by atoms with Gasteiger partial charge in [-0.2, -0.15) is 0 Å². The van der Waals surface area contributed by atoms with Crippen LogP contribution >= 0.6 is 0 Å². The number of nitrogens with two attached hydrogens (primary N) is 1. The first-order valence-corrected chi connectivity index (χ1v) is 11.0. The second kappa shape index (κ2) is 10.4. The molecule has 3 heterocycles. The predicted molar refractivity (Wildman–Crippen MR) is 127 cm³/mol. The van der Waals surface area contributed by atoms with Crippen molar-refractivity contribution in [2.24, 2.45) is 5.73 Å². The molecule has 3 aromatic heterocycles. The highest BCUT2D eigenvalue weighted by atomic mass is 16.5. The van der Waals surface area contributed by atoms with E-state index < -0.39 is 11.6 Å². The highest BCUT2D eigenvalue weighted by molar-refractivity contribution is 5.85. The molecular formula is C25H28N6O3. The SMILES string of the molecule is CC(C)(N)C(=O)N[C@H](COCc1ccccc1)c1nnc2c(OCc3cccnc3)cccn12. The van der Waals surface area contributed by atoms with Crippen molar-refractivity contribution in [2.75, 3.05) is 6.61 Å². The molecule has 1 aromatic carbocycles. The van der Waals surface area contributed by atoms with Crippen LogP contribution in [0.1, 0.15) is 36.8 Å². The van der Waals surface area contributed by atoms with E-state index in [2.05, 4.69) is 20.5 Å². The Morgan fingerprint density at radius 2 is 1.85 bits per heavy atom. The van der Waals surface area contributed by atoms with Crippen molar-refractivity contribution >= 4 is 11.6 Å². The number of amides is 1. The van der Waals surface area contributed by atoms with Gasteiger partial charge in [0.1, 0.15) is 12.6 Å². The Balaban J connectivity index is 1.56. The van der Waals surface area contributed by atoms with Crippen LogP contribution in [0.3, 0.4) is 0 Å². The summed E-state index contributed by atoms with van der Waals surface area (Å²) in [6, 6.07) is 16.7. The lowest BCUT2D eigenvalue weighted by Gasteiger charge is -2.23.